The van der Waals surface area contributed by atoms with Crippen molar-refractivity contribution in [2.45, 2.75) is 51.6 Å². The van der Waals surface area contributed by atoms with Gasteiger partial charge in [-0.1, -0.05) is 11.6 Å². The number of likely N-dealkylation sites (tertiary alicyclic amines) is 1. The first-order chi connectivity index (χ1) is 11.4. The Balaban J connectivity index is 2.09. The summed E-state index contributed by atoms with van der Waals surface area (Å²) in [7, 11) is 0. The van der Waals surface area contributed by atoms with Gasteiger partial charge in [-0.2, -0.15) is 0 Å². The molecule has 2 rings (SSSR count). The maximum atomic E-state index is 12.7. The van der Waals surface area contributed by atoms with Crippen molar-refractivity contribution >= 4 is 34.9 Å². The van der Waals surface area contributed by atoms with Crippen LogP contribution in [0, 0.1) is 0 Å². The van der Waals surface area contributed by atoms with E-state index >= 15 is 0 Å². The number of nitrogens with two attached hydrogens (primary N) is 1. The first-order valence-electron chi connectivity index (χ1n) is 8.01. The summed E-state index contributed by atoms with van der Waals surface area (Å²) < 4.78 is 5.14. The molecule has 0 aliphatic carbocycles. The normalized spacial score (nSPS) is 18.8. The third kappa shape index (κ3) is 4.12. The lowest BCUT2D eigenvalue weighted by atomic mass is 9.79. The van der Waals surface area contributed by atoms with Crippen LogP contribution in [0.5, 0.6) is 0 Å². The number of Topliss-reactive ketones (excluding diaryl/α,β-unsaturated/α-hetero) is 1. The van der Waals surface area contributed by atoms with E-state index in [1.54, 1.807) is 4.90 Å². The highest BCUT2D eigenvalue weighted by Crippen LogP contribution is 2.36. The minimum absolute atomic E-state index is 0.118. The van der Waals surface area contributed by atoms with E-state index in [1.807, 2.05) is 27.7 Å². The monoisotopic (exact) mass is 366 g/mol. The second-order valence-corrected chi connectivity index (χ2v) is 7.97. The van der Waals surface area contributed by atoms with E-state index in [0.29, 0.717) is 5.02 Å². The van der Waals surface area contributed by atoms with E-state index in [4.69, 9.17) is 22.1 Å². The van der Waals surface area contributed by atoms with Gasteiger partial charge >= 0.3 is 5.97 Å². The number of ether oxygens (including phenoxy) is 1. The van der Waals surface area contributed by atoms with Crippen molar-refractivity contribution in [2.75, 3.05) is 12.3 Å². The Bertz CT molecular complexity index is 708. The van der Waals surface area contributed by atoms with Crippen LogP contribution in [0.25, 0.3) is 0 Å². The summed E-state index contributed by atoms with van der Waals surface area (Å²) in [4.78, 5) is 38.4. The maximum absolute atomic E-state index is 12.7. The van der Waals surface area contributed by atoms with Crippen LogP contribution in [0.4, 0.5) is 5.69 Å². The summed E-state index contributed by atoms with van der Waals surface area (Å²) in [6, 6.07) is 4.39. The largest absolute Gasteiger partial charge is 0.452 e. The van der Waals surface area contributed by atoms with E-state index in [1.165, 1.54) is 18.2 Å². The van der Waals surface area contributed by atoms with Crippen molar-refractivity contribution in [2.24, 2.45) is 0 Å². The number of halogens is 1. The van der Waals surface area contributed by atoms with E-state index in [0.717, 1.165) is 0 Å². The minimum Gasteiger partial charge on any atom is -0.452 e. The number of hydrogen-bond acceptors (Lipinski definition) is 5. The van der Waals surface area contributed by atoms with Crippen LogP contribution < -0.4 is 5.73 Å². The molecule has 1 aromatic rings. The van der Waals surface area contributed by atoms with Crippen LogP contribution in [0.1, 0.15) is 50.9 Å². The second kappa shape index (κ2) is 6.67. The summed E-state index contributed by atoms with van der Waals surface area (Å²) in [6.07, 6.45) is 0.563. The fourth-order valence-corrected chi connectivity index (χ4v) is 3.74. The zero-order chi connectivity index (χ0) is 19.0. The third-order valence-corrected chi connectivity index (χ3v) is 4.62. The average Bonchev–Trinajstić information content (AvgIpc) is 2.44. The standard InChI is InChI=1S/C18H23ClN2O4/c1-17(2)8-12(22)9-18(3,4)21(17)15(23)10-25-16(24)11-5-6-13(19)14(20)7-11/h5-7H,8-10,20H2,1-4H3. The molecule has 0 radical (unpaired) electrons. The van der Waals surface area contributed by atoms with Gasteiger partial charge in [0.1, 0.15) is 5.78 Å². The van der Waals surface area contributed by atoms with Gasteiger partial charge in [-0.3, -0.25) is 9.59 Å². The highest BCUT2D eigenvalue weighted by atomic mass is 35.5. The third-order valence-electron chi connectivity index (χ3n) is 4.28. The first-order valence-corrected chi connectivity index (χ1v) is 8.39. The van der Waals surface area contributed by atoms with Gasteiger partial charge in [-0.05, 0) is 45.9 Å². The summed E-state index contributed by atoms with van der Waals surface area (Å²) in [5.41, 5.74) is 4.89. The zero-order valence-electron chi connectivity index (χ0n) is 14.9. The number of piperidine rings is 1. The van der Waals surface area contributed by atoms with Crippen LogP contribution >= 0.6 is 11.6 Å². The van der Waals surface area contributed by atoms with E-state index in [9.17, 15) is 14.4 Å². The molecule has 1 heterocycles. The van der Waals surface area contributed by atoms with Gasteiger partial charge in [0.15, 0.2) is 6.61 Å². The molecule has 0 bridgehead atoms. The molecule has 1 fully saturated rings. The van der Waals surface area contributed by atoms with Gasteiger partial charge in [-0.15, -0.1) is 0 Å². The van der Waals surface area contributed by atoms with Gasteiger partial charge in [0.25, 0.3) is 5.91 Å². The second-order valence-electron chi connectivity index (χ2n) is 7.56. The lowest BCUT2D eigenvalue weighted by molar-refractivity contribution is -0.156. The molecule has 7 heteroatoms. The smallest absolute Gasteiger partial charge is 0.338 e. The van der Waals surface area contributed by atoms with Crippen LogP contribution in [-0.2, 0) is 14.3 Å². The fraction of sp³-hybridized carbons (Fsp3) is 0.500. The lowest BCUT2D eigenvalue weighted by Gasteiger charge is -2.51. The molecule has 1 aliphatic heterocycles. The van der Waals surface area contributed by atoms with Gasteiger partial charge in [-0.25, -0.2) is 4.79 Å². The van der Waals surface area contributed by atoms with Crippen molar-refractivity contribution in [3.05, 3.63) is 28.8 Å². The van der Waals surface area contributed by atoms with Crippen LogP contribution in [0.15, 0.2) is 18.2 Å². The summed E-state index contributed by atoms with van der Waals surface area (Å²) in [5, 5.41) is 0.342. The number of nitrogens with zero attached hydrogens (tertiary/aromatic N) is 1. The molecule has 0 saturated carbocycles. The Morgan fingerprint density at radius 2 is 1.76 bits per heavy atom. The number of benzene rings is 1. The average molecular weight is 367 g/mol. The molecule has 0 unspecified atom stereocenters. The van der Waals surface area contributed by atoms with Crippen LogP contribution in [0.3, 0.4) is 0 Å². The zero-order valence-corrected chi connectivity index (χ0v) is 15.6. The Labute approximate surface area is 152 Å². The van der Waals surface area contributed by atoms with E-state index < -0.39 is 23.7 Å². The number of nitrogen functional groups attached to an aromatic ring is 1. The molecule has 0 aromatic heterocycles. The Hall–Kier alpha value is -2.08. The molecule has 0 atom stereocenters. The number of carbonyl (C=O) groups is 3. The van der Waals surface area contributed by atoms with Crippen molar-refractivity contribution in [1.29, 1.82) is 0 Å². The predicted molar refractivity (Wildman–Crippen MR) is 95.4 cm³/mol. The SMILES string of the molecule is CC1(C)CC(=O)CC(C)(C)N1C(=O)COC(=O)c1ccc(Cl)c(N)c1. The number of hydrogen-bond donors (Lipinski definition) is 1. The molecule has 25 heavy (non-hydrogen) atoms. The minimum atomic E-state index is -0.652. The number of esters is 1. The van der Waals surface area contributed by atoms with Crippen molar-refractivity contribution in [3.8, 4) is 0 Å². The Morgan fingerprint density at radius 1 is 1.20 bits per heavy atom. The Morgan fingerprint density at radius 3 is 2.28 bits per heavy atom. The molecule has 0 spiro atoms. The molecular weight excluding hydrogens is 344 g/mol. The number of amides is 1. The van der Waals surface area contributed by atoms with Gasteiger partial charge < -0.3 is 15.4 Å². The quantitative estimate of drug-likeness (QED) is 0.656. The molecule has 136 valence electrons. The molecule has 1 saturated heterocycles. The predicted octanol–water partition coefficient (Wildman–Crippen LogP) is 2.83. The van der Waals surface area contributed by atoms with E-state index in [2.05, 4.69) is 0 Å². The fourth-order valence-electron chi connectivity index (χ4n) is 3.63. The molecule has 1 aliphatic rings. The number of rotatable bonds is 3. The van der Waals surface area contributed by atoms with Gasteiger partial charge in [0, 0.05) is 23.9 Å². The van der Waals surface area contributed by atoms with Gasteiger partial charge in [0.05, 0.1) is 16.3 Å². The van der Waals surface area contributed by atoms with Crippen molar-refractivity contribution in [1.82, 2.24) is 4.90 Å². The topological polar surface area (TPSA) is 89.7 Å². The molecule has 1 aromatic carbocycles. The first kappa shape index (κ1) is 19.2. The summed E-state index contributed by atoms with van der Waals surface area (Å²) in [6.45, 7) is 6.95. The summed E-state index contributed by atoms with van der Waals surface area (Å²) >= 11 is 5.82. The number of carbonyl (C=O) groups excluding carboxylic acids is 3. The van der Waals surface area contributed by atoms with E-state index in [-0.39, 0.29) is 35.8 Å². The molecule has 2 N–H and O–H groups in total. The highest BCUT2D eigenvalue weighted by Gasteiger charge is 2.47. The lowest BCUT2D eigenvalue weighted by Crippen LogP contribution is -2.63. The molecule has 6 nitrogen and oxygen atoms in total. The van der Waals surface area contributed by atoms with Crippen molar-refractivity contribution in [3.63, 3.8) is 0 Å². The highest BCUT2D eigenvalue weighted by molar-refractivity contribution is 6.33. The van der Waals surface area contributed by atoms with Crippen molar-refractivity contribution < 1.29 is 19.1 Å². The van der Waals surface area contributed by atoms with Crippen LogP contribution in [0.2, 0.25) is 5.02 Å². The number of ketones is 1. The molecule has 1 amide bonds. The Kier molecular flexibility index (Phi) is 5.14. The van der Waals surface area contributed by atoms with Gasteiger partial charge in [0.2, 0.25) is 0 Å². The summed E-state index contributed by atoms with van der Waals surface area (Å²) in [5.74, 6) is -0.870. The van der Waals surface area contributed by atoms with Crippen LogP contribution in [-0.4, -0.2) is 40.2 Å². The molecular formula is C18H23ClN2O4. The maximum Gasteiger partial charge on any atom is 0.338 e. The number of anilines is 1.